The highest BCUT2D eigenvalue weighted by Gasteiger charge is 2.24. The van der Waals surface area contributed by atoms with Gasteiger partial charge < -0.3 is 10.2 Å². The molecule has 1 atom stereocenters. The van der Waals surface area contributed by atoms with Crippen LogP contribution in [0, 0.1) is 6.92 Å². The lowest BCUT2D eigenvalue weighted by molar-refractivity contribution is -0.133. The normalized spacial score (nSPS) is 18.9. The molecule has 3 nitrogen and oxygen atoms in total. The largest absolute Gasteiger partial charge is 0.376 e. The van der Waals surface area contributed by atoms with Crippen LogP contribution in [0.5, 0.6) is 0 Å². The maximum Gasteiger partial charge on any atom is 0.242 e. The van der Waals surface area contributed by atoms with E-state index in [0.29, 0.717) is 12.6 Å². The SMILES string of the molecule is CCC1CCCCN1C(=O)CNc1ccc(C)c(Br)c1. The molecule has 0 aromatic heterocycles. The molecule has 2 rings (SSSR count). The van der Waals surface area contributed by atoms with Crippen LogP contribution in [0.3, 0.4) is 0 Å². The number of likely N-dealkylation sites (tertiary alicyclic amines) is 1. The second kappa shape index (κ2) is 7.11. The van der Waals surface area contributed by atoms with E-state index in [0.717, 1.165) is 36.0 Å². The first-order valence-electron chi connectivity index (χ1n) is 7.41. The molecule has 1 fully saturated rings. The van der Waals surface area contributed by atoms with Crippen LogP contribution in [0.4, 0.5) is 5.69 Å². The zero-order valence-corrected chi connectivity index (χ0v) is 13.9. The summed E-state index contributed by atoms with van der Waals surface area (Å²) in [6.07, 6.45) is 4.60. The predicted molar refractivity (Wildman–Crippen MR) is 87.0 cm³/mol. The number of hydrogen-bond donors (Lipinski definition) is 1. The summed E-state index contributed by atoms with van der Waals surface area (Å²) < 4.78 is 1.07. The van der Waals surface area contributed by atoms with Crippen LogP contribution in [-0.4, -0.2) is 29.9 Å². The number of benzene rings is 1. The van der Waals surface area contributed by atoms with E-state index in [4.69, 9.17) is 0 Å². The summed E-state index contributed by atoms with van der Waals surface area (Å²) >= 11 is 3.52. The lowest BCUT2D eigenvalue weighted by Crippen LogP contribution is -2.45. The number of rotatable bonds is 4. The number of aryl methyl sites for hydroxylation is 1. The van der Waals surface area contributed by atoms with Crippen LogP contribution in [0.1, 0.15) is 38.2 Å². The molecule has 0 spiro atoms. The minimum atomic E-state index is 0.216. The van der Waals surface area contributed by atoms with E-state index in [1.165, 1.54) is 12.0 Å². The van der Waals surface area contributed by atoms with Gasteiger partial charge in [-0.3, -0.25) is 4.79 Å². The Kier molecular flexibility index (Phi) is 5.46. The molecule has 1 heterocycles. The van der Waals surface area contributed by atoms with Gasteiger partial charge in [0.15, 0.2) is 0 Å². The number of amides is 1. The number of hydrogen-bond acceptors (Lipinski definition) is 2. The molecule has 20 heavy (non-hydrogen) atoms. The van der Waals surface area contributed by atoms with Gasteiger partial charge in [0.2, 0.25) is 5.91 Å². The summed E-state index contributed by atoms with van der Waals surface area (Å²) in [5.74, 6) is 0.216. The van der Waals surface area contributed by atoms with E-state index >= 15 is 0 Å². The standard InChI is InChI=1S/C16H23BrN2O/c1-3-14-6-4-5-9-19(14)16(20)11-18-13-8-7-12(2)15(17)10-13/h7-8,10,14,18H,3-6,9,11H2,1-2H3. The van der Waals surface area contributed by atoms with E-state index in [9.17, 15) is 4.79 Å². The van der Waals surface area contributed by atoms with Crippen molar-refractivity contribution in [2.75, 3.05) is 18.4 Å². The first-order valence-corrected chi connectivity index (χ1v) is 8.20. The van der Waals surface area contributed by atoms with E-state index in [-0.39, 0.29) is 5.91 Å². The highest BCUT2D eigenvalue weighted by atomic mass is 79.9. The molecular formula is C16H23BrN2O. The molecule has 1 aromatic carbocycles. The average molecular weight is 339 g/mol. The van der Waals surface area contributed by atoms with Gasteiger partial charge in [-0.15, -0.1) is 0 Å². The monoisotopic (exact) mass is 338 g/mol. The van der Waals surface area contributed by atoms with Crippen LogP contribution < -0.4 is 5.32 Å². The van der Waals surface area contributed by atoms with Crippen molar-refractivity contribution in [2.45, 2.75) is 45.6 Å². The molecular weight excluding hydrogens is 316 g/mol. The molecule has 1 amide bonds. The molecule has 1 N–H and O–H groups in total. The Bertz CT molecular complexity index is 476. The Hall–Kier alpha value is -1.03. The van der Waals surface area contributed by atoms with Gasteiger partial charge in [-0.2, -0.15) is 0 Å². The maximum atomic E-state index is 12.3. The third-order valence-corrected chi connectivity index (χ3v) is 4.89. The van der Waals surface area contributed by atoms with Crippen molar-refractivity contribution < 1.29 is 4.79 Å². The van der Waals surface area contributed by atoms with Gasteiger partial charge >= 0.3 is 0 Å². The molecule has 1 saturated heterocycles. The highest BCUT2D eigenvalue weighted by Crippen LogP contribution is 2.22. The van der Waals surface area contributed by atoms with Crippen molar-refractivity contribution in [1.29, 1.82) is 0 Å². The fraction of sp³-hybridized carbons (Fsp3) is 0.562. The number of nitrogens with one attached hydrogen (secondary N) is 1. The predicted octanol–water partition coefficient (Wildman–Crippen LogP) is 3.96. The number of anilines is 1. The van der Waals surface area contributed by atoms with Gasteiger partial charge in [0.05, 0.1) is 6.54 Å². The van der Waals surface area contributed by atoms with Gasteiger partial charge in [-0.05, 0) is 50.3 Å². The highest BCUT2D eigenvalue weighted by molar-refractivity contribution is 9.10. The number of carbonyl (C=O) groups is 1. The molecule has 1 aliphatic rings. The average Bonchev–Trinajstić information content (AvgIpc) is 2.48. The summed E-state index contributed by atoms with van der Waals surface area (Å²) in [6.45, 7) is 5.52. The van der Waals surface area contributed by atoms with E-state index < -0.39 is 0 Å². The Morgan fingerprint density at radius 2 is 2.25 bits per heavy atom. The summed E-state index contributed by atoms with van der Waals surface area (Å²) in [5, 5.41) is 3.23. The Labute approximate surface area is 129 Å². The molecule has 1 aliphatic heterocycles. The summed E-state index contributed by atoms with van der Waals surface area (Å²) in [6, 6.07) is 6.52. The molecule has 0 bridgehead atoms. The second-order valence-corrected chi connectivity index (χ2v) is 6.32. The van der Waals surface area contributed by atoms with Gasteiger partial charge in [0, 0.05) is 22.7 Å². The van der Waals surface area contributed by atoms with Gasteiger partial charge in [-0.1, -0.05) is 28.9 Å². The Morgan fingerprint density at radius 3 is 2.95 bits per heavy atom. The third kappa shape index (κ3) is 3.75. The lowest BCUT2D eigenvalue weighted by Gasteiger charge is -2.35. The molecule has 0 aliphatic carbocycles. The molecule has 1 unspecified atom stereocenters. The van der Waals surface area contributed by atoms with Crippen molar-refractivity contribution in [3.8, 4) is 0 Å². The fourth-order valence-corrected chi connectivity index (χ4v) is 3.11. The zero-order valence-electron chi connectivity index (χ0n) is 12.3. The van der Waals surface area contributed by atoms with E-state index in [2.05, 4.69) is 40.0 Å². The smallest absolute Gasteiger partial charge is 0.242 e. The van der Waals surface area contributed by atoms with Crippen molar-refractivity contribution in [3.63, 3.8) is 0 Å². The molecule has 1 aromatic rings. The van der Waals surface area contributed by atoms with Crippen LogP contribution in [-0.2, 0) is 4.79 Å². The van der Waals surface area contributed by atoms with Crippen molar-refractivity contribution >= 4 is 27.5 Å². The Morgan fingerprint density at radius 1 is 1.45 bits per heavy atom. The van der Waals surface area contributed by atoms with Crippen molar-refractivity contribution in [3.05, 3.63) is 28.2 Å². The molecule has 0 saturated carbocycles. The van der Waals surface area contributed by atoms with Crippen molar-refractivity contribution in [1.82, 2.24) is 4.90 Å². The summed E-state index contributed by atoms with van der Waals surface area (Å²) in [4.78, 5) is 14.4. The second-order valence-electron chi connectivity index (χ2n) is 5.46. The first kappa shape index (κ1) is 15.4. The van der Waals surface area contributed by atoms with Crippen LogP contribution >= 0.6 is 15.9 Å². The van der Waals surface area contributed by atoms with E-state index in [1.807, 2.05) is 18.2 Å². The van der Waals surface area contributed by atoms with Gasteiger partial charge in [-0.25, -0.2) is 0 Å². The number of halogens is 1. The van der Waals surface area contributed by atoms with Crippen LogP contribution in [0.25, 0.3) is 0 Å². The van der Waals surface area contributed by atoms with Gasteiger partial charge in [0.25, 0.3) is 0 Å². The van der Waals surface area contributed by atoms with Crippen molar-refractivity contribution in [2.24, 2.45) is 0 Å². The minimum absolute atomic E-state index is 0.216. The molecule has 0 radical (unpaired) electrons. The summed E-state index contributed by atoms with van der Waals surface area (Å²) in [5.41, 5.74) is 2.19. The maximum absolute atomic E-state index is 12.3. The zero-order chi connectivity index (χ0) is 14.5. The number of nitrogens with zero attached hydrogens (tertiary/aromatic N) is 1. The van der Waals surface area contributed by atoms with Crippen LogP contribution in [0.2, 0.25) is 0 Å². The van der Waals surface area contributed by atoms with E-state index in [1.54, 1.807) is 0 Å². The molecule has 110 valence electrons. The first-order chi connectivity index (χ1) is 9.61. The van der Waals surface area contributed by atoms with Gasteiger partial charge in [0.1, 0.15) is 0 Å². The van der Waals surface area contributed by atoms with Crippen LogP contribution in [0.15, 0.2) is 22.7 Å². The molecule has 4 heteroatoms. The minimum Gasteiger partial charge on any atom is -0.376 e. The fourth-order valence-electron chi connectivity index (χ4n) is 2.74. The Balaban J connectivity index is 1.92. The number of carbonyl (C=O) groups excluding carboxylic acids is 1. The quantitative estimate of drug-likeness (QED) is 0.901. The topological polar surface area (TPSA) is 32.3 Å². The summed E-state index contributed by atoms with van der Waals surface area (Å²) in [7, 11) is 0. The lowest BCUT2D eigenvalue weighted by atomic mass is 10.00. The third-order valence-electron chi connectivity index (χ3n) is 4.03. The number of piperidine rings is 1.